The first-order chi connectivity index (χ1) is 16.1. The molecule has 3 aromatic carbocycles. The zero-order chi connectivity index (χ0) is 23.2. The SMILES string of the molecule is CCN(CC)c1ccc2c(c1)Oc1cc(N(CC)CC)ccc1C21C(=C=O)c2ccccc21. The molecule has 5 rings (SSSR count). The number of hydrogen-bond donors (Lipinski definition) is 0. The lowest BCUT2D eigenvalue weighted by atomic mass is 9.53. The Hall–Kier alpha value is -3.49. The summed E-state index contributed by atoms with van der Waals surface area (Å²) in [5.74, 6) is 3.93. The van der Waals surface area contributed by atoms with E-state index in [0.29, 0.717) is 5.57 Å². The largest absolute Gasteiger partial charge is 0.457 e. The number of hydrogen-bond acceptors (Lipinski definition) is 4. The molecule has 0 N–H and O–H groups in total. The van der Waals surface area contributed by atoms with E-state index in [1.54, 1.807) is 0 Å². The molecule has 33 heavy (non-hydrogen) atoms. The molecule has 0 radical (unpaired) electrons. The Kier molecular flexibility index (Phi) is 5.26. The van der Waals surface area contributed by atoms with Crippen LogP contribution in [0.25, 0.3) is 5.57 Å². The standard InChI is InChI=1S/C29H30N2O2/c1-5-30(6-2)20-13-15-24-27(17-20)33-28-18-21(31(7-3)8-4)14-16-25(28)29(24)23-12-10-9-11-22(23)26(29)19-32/h9-18H,5-8H2,1-4H3. The second-order valence-electron chi connectivity index (χ2n) is 8.58. The molecule has 3 aromatic rings. The lowest BCUT2D eigenvalue weighted by Crippen LogP contribution is -2.42. The van der Waals surface area contributed by atoms with Crippen LogP contribution in [0.1, 0.15) is 49.9 Å². The van der Waals surface area contributed by atoms with Gasteiger partial charge >= 0.3 is 0 Å². The van der Waals surface area contributed by atoms with Gasteiger partial charge < -0.3 is 14.5 Å². The van der Waals surface area contributed by atoms with E-state index in [4.69, 9.17) is 4.74 Å². The minimum absolute atomic E-state index is 0.648. The molecule has 1 aliphatic heterocycles. The Morgan fingerprint density at radius 2 is 1.24 bits per heavy atom. The van der Waals surface area contributed by atoms with E-state index < -0.39 is 5.41 Å². The average molecular weight is 439 g/mol. The predicted octanol–water partition coefficient (Wildman–Crippen LogP) is 6.05. The summed E-state index contributed by atoms with van der Waals surface area (Å²) in [6.07, 6.45) is 0. The zero-order valence-electron chi connectivity index (χ0n) is 19.8. The van der Waals surface area contributed by atoms with Crippen molar-refractivity contribution < 1.29 is 9.53 Å². The molecule has 168 valence electrons. The highest BCUT2D eigenvalue weighted by molar-refractivity contribution is 6.08. The molecule has 0 saturated carbocycles. The average Bonchev–Trinajstić information content (AvgIpc) is 2.84. The summed E-state index contributed by atoms with van der Waals surface area (Å²) < 4.78 is 6.58. The molecular formula is C29H30N2O2. The number of benzene rings is 3. The second-order valence-corrected chi connectivity index (χ2v) is 8.58. The Morgan fingerprint density at radius 3 is 1.73 bits per heavy atom. The number of nitrogens with zero attached hydrogens (tertiary/aromatic N) is 2. The summed E-state index contributed by atoms with van der Waals surface area (Å²) >= 11 is 0. The summed E-state index contributed by atoms with van der Waals surface area (Å²) in [5.41, 5.74) is 6.44. The molecule has 1 heterocycles. The fourth-order valence-electron chi connectivity index (χ4n) is 5.64. The molecular weight excluding hydrogens is 408 g/mol. The highest BCUT2D eigenvalue weighted by Crippen LogP contribution is 2.64. The van der Waals surface area contributed by atoms with Gasteiger partial charge in [-0.05, 0) is 51.0 Å². The molecule has 0 atom stereocenters. The molecule has 4 heteroatoms. The van der Waals surface area contributed by atoms with Crippen LogP contribution in [0.15, 0.2) is 60.7 Å². The summed E-state index contributed by atoms with van der Waals surface area (Å²) in [6.45, 7) is 12.3. The topological polar surface area (TPSA) is 32.8 Å². The molecule has 0 saturated heterocycles. The van der Waals surface area contributed by atoms with Crippen LogP contribution in [0, 0.1) is 0 Å². The Labute approximate surface area is 196 Å². The highest BCUT2D eigenvalue weighted by Gasteiger charge is 2.55. The Balaban J connectivity index is 1.78. The van der Waals surface area contributed by atoms with Crippen LogP contribution in [0.5, 0.6) is 11.5 Å². The van der Waals surface area contributed by atoms with Gasteiger partial charge in [-0.3, -0.25) is 0 Å². The van der Waals surface area contributed by atoms with Crippen LogP contribution in [0.4, 0.5) is 11.4 Å². The second kappa shape index (κ2) is 8.13. The molecule has 0 aromatic heterocycles. The van der Waals surface area contributed by atoms with Crippen LogP contribution < -0.4 is 14.5 Å². The summed E-state index contributed by atoms with van der Waals surface area (Å²) in [4.78, 5) is 17.0. The predicted molar refractivity (Wildman–Crippen MR) is 136 cm³/mol. The van der Waals surface area contributed by atoms with E-state index in [1.807, 2.05) is 18.2 Å². The quantitative estimate of drug-likeness (QED) is 0.439. The Bertz CT molecular complexity index is 1200. The van der Waals surface area contributed by atoms with Gasteiger partial charge in [0.15, 0.2) is 0 Å². The van der Waals surface area contributed by atoms with Crippen molar-refractivity contribution in [2.45, 2.75) is 33.1 Å². The summed E-state index contributed by atoms with van der Waals surface area (Å²) in [7, 11) is 0. The molecule has 0 bridgehead atoms. The van der Waals surface area contributed by atoms with Crippen molar-refractivity contribution in [3.63, 3.8) is 0 Å². The fourth-order valence-corrected chi connectivity index (χ4v) is 5.64. The van der Waals surface area contributed by atoms with E-state index in [0.717, 1.165) is 71.3 Å². The molecule has 1 aliphatic carbocycles. The van der Waals surface area contributed by atoms with Crippen molar-refractivity contribution in [3.8, 4) is 11.5 Å². The van der Waals surface area contributed by atoms with Crippen LogP contribution in [-0.4, -0.2) is 32.1 Å². The highest BCUT2D eigenvalue weighted by atomic mass is 16.5. The third-order valence-electron chi connectivity index (χ3n) is 7.29. The molecule has 4 nitrogen and oxygen atoms in total. The van der Waals surface area contributed by atoms with E-state index in [-0.39, 0.29) is 0 Å². The smallest absolute Gasteiger partial charge is 0.134 e. The van der Waals surface area contributed by atoms with Gasteiger partial charge in [0.05, 0.1) is 11.0 Å². The molecule has 0 amide bonds. The van der Waals surface area contributed by atoms with Gasteiger partial charge in [-0.1, -0.05) is 36.4 Å². The van der Waals surface area contributed by atoms with Gasteiger partial charge in [0.25, 0.3) is 0 Å². The van der Waals surface area contributed by atoms with E-state index in [1.165, 1.54) is 0 Å². The first-order valence-electron chi connectivity index (χ1n) is 12.0. The van der Waals surface area contributed by atoms with Crippen molar-refractivity contribution in [2.24, 2.45) is 0 Å². The van der Waals surface area contributed by atoms with Gasteiger partial charge in [-0.15, -0.1) is 0 Å². The van der Waals surface area contributed by atoms with Crippen LogP contribution in [0.3, 0.4) is 0 Å². The number of anilines is 2. The van der Waals surface area contributed by atoms with Crippen LogP contribution >= 0.6 is 0 Å². The fraction of sp³-hybridized carbons (Fsp3) is 0.310. The van der Waals surface area contributed by atoms with Crippen molar-refractivity contribution in [1.82, 2.24) is 0 Å². The molecule has 0 fully saturated rings. The third kappa shape index (κ3) is 2.87. The first-order valence-corrected chi connectivity index (χ1v) is 12.0. The number of carbonyl (C=O) groups excluding carboxylic acids is 1. The van der Waals surface area contributed by atoms with Gasteiger partial charge in [0.2, 0.25) is 0 Å². The molecule has 0 unspecified atom stereocenters. The molecule has 2 aliphatic rings. The van der Waals surface area contributed by atoms with Crippen LogP contribution in [-0.2, 0) is 10.2 Å². The number of fused-ring (bicyclic) bond motifs is 6. The maximum atomic E-state index is 12.4. The minimum atomic E-state index is -0.648. The monoisotopic (exact) mass is 438 g/mol. The van der Waals surface area contributed by atoms with Gasteiger partial charge in [-0.25, -0.2) is 4.79 Å². The number of ether oxygens (including phenoxy) is 1. The summed E-state index contributed by atoms with van der Waals surface area (Å²) in [5, 5.41) is 0. The molecule has 1 spiro atoms. The van der Waals surface area contributed by atoms with Crippen molar-refractivity contribution in [3.05, 3.63) is 82.9 Å². The Morgan fingerprint density at radius 1 is 0.727 bits per heavy atom. The first kappa shape index (κ1) is 21.4. The van der Waals surface area contributed by atoms with Gasteiger partial charge in [0.1, 0.15) is 17.4 Å². The van der Waals surface area contributed by atoms with Crippen molar-refractivity contribution >= 4 is 22.9 Å². The normalized spacial score (nSPS) is 14.4. The maximum absolute atomic E-state index is 12.4. The summed E-state index contributed by atoms with van der Waals surface area (Å²) in [6, 6.07) is 21.0. The van der Waals surface area contributed by atoms with Gasteiger partial charge in [0, 0.05) is 60.8 Å². The van der Waals surface area contributed by atoms with Crippen LogP contribution in [0.2, 0.25) is 0 Å². The number of rotatable bonds is 6. The maximum Gasteiger partial charge on any atom is 0.134 e. The minimum Gasteiger partial charge on any atom is -0.457 e. The number of allylic oxidation sites excluding steroid dienone is 1. The van der Waals surface area contributed by atoms with Crippen molar-refractivity contribution in [2.75, 3.05) is 36.0 Å². The van der Waals surface area contributed by atoms with E-state index >= 15 is 0 Å². The van der Waals surface area contributed by atoms with Crippen molar-refractivity contribution in [1.29, 1.82) is 0 Å². The lowest BCUT2D eigenvalue weighted by molar-refractivity contribution is 0.435. The zero-order valence-corrected chi connectivity index (χ0v) is 19.8. The van der Waals surface area contributed by atoms with E-state index in [9.17, 15) is 4.79 Å². The van der Waals surface area contributed by atoms with Gasteiger partial charge in [-0.2, -0.15) is 0 Å². The lowest BCUT2D eigenvalue weighted by Gasteiger charge is -2.49. The third-order valence-corrected chi connectivity index (χ3v) is 7.29. The van der Waals surface area contributed by atoms with E-state index in [2.05, 4.69) is 85.9 Å².